The molecule has 1 aliphatic heterocycles. The molecule has 2 fully saturated rings. The summed E-state index contributed by atoms with van der Waals surface area (Å²) in [7, 11) is 2.13. The maximum atomic E-state index is 12.1. The van der Waals surface area contributed by atoms with E-state index in [0.717, 1.165) is 37.8 Å². The average Bonchev–Trinajstić information content (AvgIpc) is 3.05. The van der Waals surface area contributed by atoms with Crippen LogP contribution in [0.3, 0.4) is 0 Å². The van der Waals surface area contributed by atoms with Crippen LogP contribution >= 0.6 is 24.8 Å². The molecule has 6 heteroatoms. The summed E-state index contributed by atoms with van der Waals surface area (Å²) in [6, 6.07) is 8.47. The lowest BCUT2D eigenvalue weighted by molar-refractivity contribution is -0.117. The molecule has 0 atom stereocenters. The first-order chi connectivity index (χ1) is 10.7. The van der Waals surface area contributed by atoms with Crippen molar-refractivity contribution in [2.45, 2.75) is 31.6 Å². The van der Waals surface area contributed by atoms with Gasteiger partial charge in [-0.25, -0.2) is 0 Å². The van der Waals surface area contributed by atoms with Gasteiger partial charge in [-0.05, 0) is 43.5 Å². The van der Waals surface area contributed by atoms with Gasteiger partial charge in [0.05, 0.1) is 6.54 Å². The number of halogens is 2. The van der Waals surface area contributed by atoms with E-state index in [2.05, 4.69) is 46.4 Å². The van der Waals surface area contributed by atoms with Gasteiger partial charge in [-0.3, -0.25) is 9.69 Å². The van der Waals surface area contributed by atoms with Crippen molar-refractivity contribution in [3.05, 3.63) is 29.8 Å². The number of rotatable bonds is 4. The molecular weight excluding hydrogens is 345 g/mol. The van der Waals surface area contributed by atoms with Crippen molar-refractivity contribution in [2.75, 3.05) is 45.1 Å². The third kappa shape index (κ3) is 5.92. The molecule has 1 amide bonds. The van der Waals surface area contributed by atoms with Crippen LogP contribution < -0.4 is 5.32 Å². The first-order valence-electron chi connectivity index (χ1n) is 8.51. The second-order valence-corrected chi connectivity index (χ2v) is 6.73. The van der Waals surface area contributed by atoms with Crippen LogP contribution in [0.1, 0.15) is 37.2 Å². The van der Waals surface area contributed by atoms with Crippen LogP contribution in [-0.2, 0) is 4.79 Å². The number of likely N-dealkylation sites (N-methyl/N-ethyl adjacent to an activating group) is 1. The van der Waals surface area contributed by atoms with Crippen molar-refractivity contribution < 1.29 is 4.79 Å². The smallest absolute Gasteiger partial charge is 0.238 e. The van der Waals surface area contributed by atoms with Crippen LogP contribution in [0, 0.1) is 0 Å². The number of carbonyl (C=O) groups excluding carboxylic acids is 1. The number of amides is 1. The Balaban J connectivity index is 0.00000144. The number of anilines is 1. The Hall–Kier alpha value is -0.810. The highest BCUT2D eigenvalue weighted by molar-refractivity contribution is 5.92. The summed E-state index contributed by atoms with van der Waals surface area (Å²) in [6.07, 6.45) is 5.34. The second-order valence-electron chi connectivity index (χ2n) is 6.73. The van der Waals surface area contributed by atoms with Gasteiger partial charge in [0.25, 0.3) is 0 Å². The van der Waals surface area contributed by atoms with Gasteiger partial charge < -0.3 is 10.2 Å². The lowest BCUT2D eigenvalue weighted by atomic mass is 9.98. The van der Waals surface area contributed by atoms with E-state index in [0.29, 0.717) is 6.54 Å². The first-order valence-corrected chi connectivity index (χ1v) is 8.51. The lowest BCUT2D eigenvalue weighted by Crippen LogP contribution is -2.47. The van der Waals surface area contributed by atoms with Crippen molar-refractivity contribution in [1.29, 1.82) is 0 Å². The van der Waals surface area contributed by atoms with E-state index < -0.39 is 0 Å². The molecule has 0 aromatic heterocycles. The molecule has 1 saturated heterocycles. The first kappa shape index (κ1) is 21.2. The zero-order valence-corrected chi connectivity index (χ0v) is 16.0. The van der Waals surface area contributed by atoms with Crippen LogP contribution in [0.15, 0.2) is 24.3 Å². The molecule has 1 saturated carbocycles. The molecule has 0 spiro atoms. The summed E-state index contributed by atoms with van der Waals surface area (Å²) < 4.78 is 0. The fourth-order valence-corrected chi connectivity index (χ4v) is 3.51. The molecule has 0 bridgehead atoms. The number of hydrogen-bond acceptors (Lipinski definition) is 3. The Morgan fingerprint density at radius 1 is 1.04 bits per heavy atom. The minimum Gasteiger partial charge on any atom is -0.325 e. The summed E-state index contributed by atoms with van der Waals surface area (Å²) >= 11 is 0. The monoisotopic (exact) mass is 373 g/mol. The van der Waals surface area contributed by atoms with Crippen LogP contribution in [0.4, 0.5) is 5.69 Å². The van der Waals surface area contributed by atoms with Gasteiger partial charge in [0.15, 0.2) is 0 Å². The maximum absolute atomic E-state index is 12.1. The Labute approximate surface area is 157 Å². The fraction of sp³-hybridized carbons (Fsp3) is 0.611. The third-order valence-corrected chi connectivity index (χ3v) is 4.98. The standard InChI is InChI=1S/C18H27N3O.2ClH/c1-20-10-12-21(13-11-20)14-18(22)19-17-8-6-16(7-9-17)15-4-2-3-5-15;;/h6-9,15H,2-5,10-14H2,1H3,(H,19,22);2*1H. The molecule has 1 aliphatic carbocycles. The van der Waals surface area contributed by atoms with E-state index in [9.17, 15) is 4.79 Å². The van der Waals surface area contributed by atoms with Crippen LogP contribution in [0.5, 0.6) is 0 Å². The molecule has 2 aliphatic rings. The minimum absolute atomic E-state index is 0. The molecule has 3 rings (SSSR count). The lowest BCUT2D eigenvalue weighted by Gasteiger charge is -2.31. The van der Waals surface area contributed by atoms with E-state index in [1.165, 1.54) is 31.2 Å². The normalized spacial score (nSPS) is 19.4. The number of hydrogen-bond donors (Lipinski definition) is 1. The predicted molar refractivity (Wildman–Crippen MR) is 105 cm³/mol. The summed E-state index contributed by atoms with van der Waals surface area (Å²) in [5.74, 6) is 0.827. The average molecular weight is 374 g/mol. The zero-order chi connectivity index (χ0) is 15.4. The molecule has 1 aromatic rings. The molecule has 24 heavy (non-hydrogen) atoms. The van der Waals surface area contributed by atoms with Crippen LogP contribution in [-0.4, -0.2) is 55.5 Å². The van der Waals surface area contributed by atoms with Gasteiger partial charge in [-0.2, -0.15) is 0 Å². The summed E-state index contributed by atoms with van der Waals surface area (Å²) in [5, 5.41) is 3.02. The molecule has 136 valence electrons. The highest BCUT2D eigenvalue weighted by atomic mass is 35.5. The van der Waals surface area contributed by atoms with Crippen LogP contribution in [0.25, 0.3) is 0 Å². The zero-order valence-electron chi connectivity index (χ0n) is 14.4. The number of nitrogens with zero attached hydrogens (tertiary/aromatic N) is 2. The minimum atomic E-state index is 0. The van der Waals surface area contributed by atoms with Gasteiger partial charge >= 0.3 is 0 Å². The van der Waals surface area contributed by atoms with E-state index in [1.54, 1.807) is 0 Å². The summed E-state index contributed by atoms with van der Waals surface area (Å²) in [4.78, 5) is 16.7. The number of piperazine rings is 1. The van der Waals surface area contributed by atoms with Crippen molar-refractivity contribution in [1.82, 2.24) is 9.80 Å². The Kier molecular flexibility index (Phi) is 9.06. The van der Waals surface area contributed by atoms with Gasteiger partial charge in [-0.15, -0.1) is 24.8 Å². The molecule has 4 nitrogen and oxygen atoms in total. The van der Waals surface area contributed by atoms with Gasteiger partial charge in [0.2, 0.25) is 5.91 Å². The van der Waals surface area contributed by atoms with Crippen molar-refractivity contribution in [2.24, 2.45) is 0 Å². The Morgan fingerprint density at radius 3 is 2.21 bits per heavy atom. The highest BCUT2D eigenvalue weighted by Gasteiger charge is 2.18. The summed E-state index contributed by atoms with van der Waals surface area (Å²) in [5.41, 5.74) is 2.34. The number of benzene rings is 1. The Morgan fingerprint density at radius 2 is 1.62 bits per heavy atom. The molecule has 0 unspecified atom stereocenters. The second kappa shape index (κ2) is 10.2. The molecule has 1 aromatic carbocycles. The molecule has 1 N–H and O–H groups in total. The fourth-order valence-electron chi connectivity index (χ4n) is 3.51. The van der Waals surface area contributed by atoms with E-state index in [4.69, 9.17) is 0 Å². The van der Waals surface area contributed by atoms with E-state index >= 15 is 0 Å². The SMILES string of the molecule is CN1CCN(CC(=O)Nc2ccc(C3CCCC3)cc2)CC1.Cl.Cl. The predicted octanol–water partition coefficient (Wildman–Crippen LogP) is 3.37. The molecular formula is C18H29Cl2N3O. The molecule has 1 heterocycles. The summed E-state index contributed by atoms with van der Waals surface area (Å²) in [6.45, 7) is 4.54. The maximum Gasteiger partial charge on any atom is 0.238 e. The van der Waals surface area contributed by atoms with Crippen molar-refractivity contribution in [3.8, 4) is 0 Å². The number of nitrogens with one attached hydrogen (secondary N) is 1. The van der Waals surface area contributed by atoms with E-state index in [1.807, 2.05) is 0 Å². The third-order valence-electron chi connectivity index (χ3n) is 4.98. The quantitative estimate of drug-likeness (QED) is 0.878. The highest BCUT2D eigenvalue weighted by Crippen LogP contribution is 2.34. The van der Waals surface area contributed by atoms with Gasteiger partial charge in [-0.1, -0.05) is 25.0 Å². The molecule has 0 radical (unpaired) electrons. The van der Waals surface area contributed by atoms with Crippen molar-refractivity contribution in [3.63, 3.8) is 0 Å². The van der Waals surface area contributed by atoms with E-state index in [-0.39, 0.29) is 30.7 Å². The Bertz CT molecular complexity index is 495. The number of carbonyl (C=O) groups is 1. The largest absolute Gasteiger partial charge is 0.325 e. The van der Waals surface area contributed by atoms with Gasteiger partial charge in [0.1, 0.15) is 0 Å². The van der Waals surface area contributed by atoms with Crippen molar-refractivity contribution >= 4 is 36.4 Å². The van der Waals surface area contributed by atoms with Crippen LogP contribution in [0.2, 0.25) is 0 Å². The topological polar surface area (TPSA) is 35.6 Å². The van der Waals surface area contributed by atoms with Gasteiger partial charge in [0, 0.05) is 31.9 Å².